The lowest BCUT2D eigenvalue weighted by Gasteiger charge is -2.05. The van der Waals surface area contributed by atoms with Crippen LogP contribution in [0.25, 0.3) is 0 Å². The van der Waals surface area contributed by atoms with E-state index >= 15 is 0 Å². The Morgan fingerprint density at radius 3 is 1.63 bits per heavy atom. The van der Waals surface area contributed by atoms with Crippen LogP contribution >= 0.6 is 0 Å². The number of ether oxygens (including phenoxy) is 2. The molecule has 1 aliphatic carbocycles. The predicted molar refractivity (Wildman–Crippen MR) is 72.6 cm³/mol. The standard InChI is InChI=1S/C15H26O4/c1-3-5-7-9-18-14(16)12-11-13(12)15(17)19-10-8-6-4-2/h12-13H,3-11H2,1-2H3. The summed E-state index contributed by atoms with van der Waals surface area (Å²) in [6.45, 7) is 5.16. The lowest BCUT2D eigenvalue weighted by atomic mass is 10.2. The van der Waals surface area contributed by atoms with Crippen LogP contribution in [0.4, 0.5) is 0 Å². The normalized spacial score (nSPS) is 20.9. The molecule has 0 N–H and O–H groups in total. The van der Waals surface area contributed by atoms with Gasteiger partial charge in [-0.25, -0.2) is 0 Å². The van der Waals surface area contributed by atoms with Gasteiger partial charge in [-0.05, 0) is 19.3 Å². The number of rotatable bonds is 10. The second kappa shape index (κ2) is 8.94. The minimum atomic E-state index is -0.250. The van der Waals surface area contributed by atoms with Crippen LogP contribution in [0.3, 0.4) is 0 Å². The Bertz CT molecular complexity index is 260. The largest absolute Gasteiger partial charge is 0.465 e. The zero-order chi connectivity index (χ0) is 14.1. The minimum Gasteiger partial charge on any atom is -0.465 e. The van der Waals surface area contributed by atoms with Crippen molar-refractivity contribution < 1.29 is 19.1 Å². The van der Waals surface area contributed by atoms with Crippen LogP contribution in [0, 0.1) is 11.8 Å². The lowest BCUT2D eigenvalue weighted by Crippen LogP contribution is -2.15. The molecule has 19 heavy (non-hydrogen) atoms. The molecule has 4 nitrogen and oxygen atoms in total. The Labute approximate surface area is 115 Å². The number of carbonyl (C=O) groups excluding carboxylic acids is 2. The number of hydrogen-bond donors (Lipinski definition) is 0. The third-order valence-electron chi connectivity index (χ3n) is 3.38. The molecule has 0 aromatic rings. The van der Waals surface area contributed by atoms with E-state index in [4.69, 9.17) is 9.47 Å². The van der Waals surface area contributed by atoms with Gasteiger partial charge in [0.25, 0.3) is 0 Å². The van der Waals surface area contributed by atoms with Crippen molar-refractivity contribution in [2.45, 2.75) is 58.8 Å². The van der Waals surface area contributed by atoms with E-state index in [0.717, 1.165) is 38.5 Å². The third-order valence-corrected chi connectivity index (χ3v) is 3.38. The Kier molecular flexibility index (Phi) is 7.53. The smallest absolute Gasteiger partial charge is 0.309 e. The summed E-state index contributed by atoms with van der Waals surface area (Å²) in [6, 6.07) is 0. The zero-order valence-corrected chi connectivity index (χ0v) is 12.2. The Morgan fingerprint density at radius 1 is 0.842 bits per heavy atom. The van der Waals surface area contributed by atoms with E-state index in [0.29, 0.717) is 19.6 Å². The van der Waals surface area contributed by atoms with Gasteiger partial charge in [-0.2, -0.15) is 0 Å². The Morgan fingerprint density at radius 2 is 1.26 bits per heavy atom. The number of esters is 2. The van der Waals surface area contributed by atoms with E-state index in [2.05, 4.69) is 13.8 Å². The first-order chi connectivity index (χ1) is 9.20. The van der Waals surface area contributed by atoms with Crippen molar-refractivity contribution in [3.8, 4) is 0 Å². The van der Waals surface area contributed by atoms with Gasteiger partial charge in [0.1, 0.15) is 0 Å². The Balaban J connectivity index is 2.08. The van der Waals surface area contributed by atoms with Crippen LogP contribution in [0.1, 0.15) is 58.8 Å². The average molecular weight is 270 g/mol. The van der Waals surface area contributed by atoms with Crippen molar-refractivity contribution in [2.24, 2.45) is 11.8 Å². The van der Waals surface area contributed by atoms with Crippen LogP contribution in [-0.4, -0.2) is 25.2 Å². The molecule has 2 atom stereocenters. The van der Waals surface area contributed by atoms with Crippen molar-refractivity contribution >= 4 is 11.9 Å². The molecule has 0 radical (unpaired) electrons. The maximum Gasteiger partial charge on any atom is 0.309 e. The van der Waals surface area contributed by atoms with Gasteiger partial charge in [-0.15, -0.1) is 0 Å². The molecule has 0 amide bonds. The molecule has 0 aromatic carbocycles. The maximum absolute atomic E-state index is 11.6. The van der Waals surface area contributed by atoms with Gasteiger partial charge in [0.05, 0.1) is 25.0 Å². The summed E-state index contributed by atoms with van der Waals surface area (Å²) >= 11 is 0. The molecule has 4 heteroatoms. The number of hydrogen-bond acceptors (Lipinski definition) is 4. The van der Waals surface area contributed by atoms with Crippen molar-refractivity contribution in [3.05, 3.63) is 0 Å². The summed E-state index contributed by atoms with van der Waals surface area (Å²) in [6.07, 6.45) is 6.75. The average Bonchev–Trinajstić information content (AvgIpc) is 3.20. The first-order valence-electron chi connectivity index (χ1n) is 7.54. The van der Waals surface area contributed by atoms with E-state index in [1.165, 1.54) is 0 Å². The molecule has 0 heterocycles. The van der Waals surface area contributed by atoms with E-state index in [-0.39, 0.29) is 23.8 Å². The summed E-state index contributed by atoms with van der Waals surface area (Å²) in [5.41, 5.74) is 0. The van der Waals surface area contributed by atoms with Crippen molar-refractivity contribution in [1.82, 2.24) is 0 Å². The van der Waals surface area contributed by atoms with Crippen LogP contribution in [0.15, 0.2) is 0 Å². The van der Waals surface area contributed by atoms with Gasteiger partial charge >= 0.3 is 11.9 Å². The van der Waals surface area contributed by atoms with Crippen LogP contribution in [0.5, 0.6) is 0 Å². The molecule has 2 unspecified atom stereocenters. The van der Waals surface area contributed by atoms with E-state index in [1.54, 1.807) is 0 Å². The SMILES string of the molecule is CCCCCOC(=O)C1CC1C(=O)OCCCCC. The molecule has 1 aliphatic rings. The molecule has 1 saturated carbocycles. The first-order valence-corrected chi connectivity index (χ1v) is 7.54. The van der Waals surface area contributed by atoms with Crippen LogP contribution in [0.2, 0.25) is 0 Å². The molecular weight excluding hydrogens is 244 g/mol. The van der Waals surface area contributed by atoms with Crippen LogP contribution < -0.4 is 0 Å². The fourth-order valence-electron chi connectivity index (χ4n) is 1.98. The number of unbranched alkanes of at least 4 members (excludes halogenated alkanes) is 4. The Hall–Kier alpha value is -1.06. The minimum absolute atomic E-state index is 0.230. The zero-order valence-electron chi connectivity index (χ0n) is 12.2. The molecule has 0 saturated heterocycles. The van der Waals surface area contributed by atoms with Crippen molar-refractivity contribution in [2.75, 3.05) is 13.2 Å². The van der Waals surface area contributed by atoms with Crippen molar-refractivity contribution in [1.29, 1.82) is 0 Å². The highest BCUT2D eigenvalue weighted by Gasteiger charge is 2.50. The van der Waals surface area contributed by atoms with Gasteiger partial charge in [-0.3, -0.25) is 9.59 Å². The molecule has 110 valence electrons. The molecule has 0 bridgehead atoms. The predicted octanol–water partition coefficient (Wildman–Crippen LogP) is 3.09. The summed E-state index contributed by atoms with van der Waals surface area (Å²) in [5, 5.41) is 0. The molecule has 0 spiro atoms. The van der Waals surface area contributed by atoms with Gasteiger partial charge in [0, 0.05) is 0 Å². The first kappa shape index (κ1) is 16.0. The topological polar surface area (TPSA) is 52.6 Å². The third kappa shape index (κ3) is 6.08. The van der Waals surface area contributed by atoms with Gasteiger partial charge in [-0.1, -0.05) is 39.5 Å². The molecular formula is C15H26O4. The summed E-state index contributed by atoms with van der Waals surface area (Å²) in [4.78, 5) is 23.3. The number of carbonyl (C=O) groups is 2. The fourth-order valence-corrected chi connectivity index (χ4v) is 1.98. The highest BCUT2D eigenvalue weighted by molar-refractivity contribution is 5.87. The lowest BCUT2D eigenvalue weighted by molar-refractivity contribution is -0.151. The quantitative estimate of drug-likeness (QED) is 0.452. The van der Waals surface area contributed by atoms with Gasteiger partial charge in [0.15, 0.2) is 0 Å². The summed E-state index contributed by atoms with van der Waals surface area (Å²) < 4.78 is 10.3. The monoisotopic (exact) mass is 270 g/mol. The van der Waals surface area contributed by atoms with E-state index < -0.39 is 0 Å². The highest BCUT2D eigenvalue weighted by atomic mass is 16.5. The second-order valence-electron chi connectivity index (χ2n) is 5.20. The van der Waals surface area contributed by atoms with Gasteiger partial charge < -0.3 is 9.47 Å². The van der Waals surface area contributed by atoms with E-state index in [9.17, 15) is 9.59 Å². The molecule has 1 fully saturated rings. The molecule has 0 aliphatic heterocycles. The second-order valence-corrected chi connectivity index (χ2v) is 5.20. The maximum atomic E-state index is 11.6. The van der Waals surface area contributed by atoms with Gasteiger partial charge in [0.2, 0.25) is 0 Å². The summed E-state index contributed by atoms with van der Waals surface area (Å²) in [5.74, 6) is -0.959. The summed E-state index contributed by atoms with van der Waals surface area (Å²) in [7, 11) is 0. The van der Waals surface area contributed by atoms with Crippen LogP contribution in [-0.2, 0) is 19.1 Å². The van der Waals surface area contributed by atoms with Crippen molar-refractivity contribution in [3.63, 3.8) is 0 Å². The fraction of sp³-hybridized carbons (Fsp3) is 0.867. The molecule has 0 aromatic heterocycles. The highest BCUT2D eigenvalue weighted by Crippen LogP contribution is 2.40. The van der Waals surface area contributed by atoms with E-state index in [1.807, 2.05) is 0 Å². The molecule has 1 rings (SSSR count).